The molecule has 2 aliphatic rings. The van der Waals surface area contributed by atoms with E-state index < -0.39 is 6.16 Å². The van der Waals surface area contributed by atoms with Gasteiger partial charge in [-0.05, 0) is 50.5 Å². The Bertz CT molecular complexity index is 709. The number of carbonyl (C=O) groups excluding carboxylic acids is 2. The van der Waals surface area contributed by atoms with Gasteiger partial charge < -0.3 is 19.1 Å². The lowest BCUT2D eigenvalue weighted by Crippen LogP contribution is -2.47. The van der Waals surface area contributed by atoms with Crippen LogP contribution in [0.4, 0.5) is 10.5 Å². The van der Waals surface area contributed by atoms with Gasteiger partial charge in [0.25, 0.3) is 0 Å². The number of ether oxygens (including phenoxy) is 3. The van der Waals surface area contributed by atoms with Crippen LogP contribution in [0.25, 0.3) is 0 Å². The molecule has 0 aromatic heterocycles. The average Bonchev–Trinajstić information content (AvgIpc) is 3.09. The van der Waals surface area contributed by atoms with Crippen molar-refractivity contribution in [1.29, 1.82) is 0 Å². The Labute approximate surface area is 179 Å². The highest BCUT2D eigenvalue weighted by Crippen LogP contribution is 2.41. The smallest absolute Gasteiger partial charge is 0.462 e. The molecule has 7 heteroatoms. The highest BCUT2D eigenvalue weighted by molar-refractivity contribution is 5.78. The first-order valence-electron chi connectivity index (χ1n) is 11.1. The van der Waals surface area contributed by atoms with Gasteiger partial charge in [0.15, 0.2) is 0 Å². The summed E-state index contributed by atoms with van der Waals surface area (Å²) in [4.78, 5) is 28.4. The monoisotopic (exact) mass is 418 g/mol. The van der Waals surface area contributed by atoms with Gasteiger partial charge in [0.2, 0.25) is 0 Å². The quantitative estimate of drug-likeness (QED) is 0.469. The van der Waals surface area contributed by atoms with E-state index in [2.05, 4.69) is 23.6 Å². The van der Waals surface area contributed by atoms with E-state index in [4.69, 9.17) is 14.2 Å². The van der Waals surface area contributed by atoms with Crippen LogP contribution < -0.4 is 9.64 Å². The van der Waals surface area contributed by atoms with Gasteiger partial charge in [-0.2, -0.15) is 0 Å². The predicted molar refractivity (Wildman–Crippen MR) is 115 cm³/mol. The topological polar surface area (TPSA) is 68.3 Å². The third kappa shape index (κ3) is 5.25. The minimum atomic E-state index is -0.679. The second-order valence-electron chi connectivity index (χ2n) is 8.12. The standard InChI is InChI=1S/C23H34N2O5/c1-4-23(5-2)17-20(29-21(23)26)11-12-24-13-15-25(16-14-24)18-7-9-19(10-8-18)30-22(27)28-6-3/h7-10,20H,4-6,11-17H2,1-3H3. The number of cyclic esters (lactones) is 1. The first kappa shape index (κ1) is 22.4. The lowest BCUT2D eigenvalue weighted by atomic mass is 9.79. The molecular formula is C23H34N2O5. The summed E-state index contributed by atoms with van der Waals surface area (Å²) in [7, 11) is 0. The Morgan fingerprint density at radius 3 is 2.33 bits per heavy atom. The molecule has 2 aliphatic heterocycles. The van der Waals surface area contributed by atoms with E-state index in [0.717, 1.165) is 64.1 Å². The highest BCUT2D eigenvalue weighted by Gasteiger charge is 2.46. The number of benzene rings is 1. The van der Waals surface area contributed by atoms with Crippen LogP contribution in [0, 0.1) is 5.41 Å². The van der Waals surface area contributed by atoms with E-state index in [9.17, 15) is 9.59 Å². The molecule has 2 fully saturated rings. The van der Waals surface area contributed by atoms with E-state index in [0.29, 0.717) is 12.4 Å². The van der Waals surface area contributed by atoms with Crippen molar-refractivity contribution in [3.05, 3.63) is 24.3 Å². The van der Waals surface area contributed by atoms with E-state index in [1.807, 2.05) is 12.1 Å². The fourth-order valence-electron chi connectivity index (χ4n) is 4.35. The van der Waals surface area contributed by atoms with Crippen molar-refractivity contribution < 1.29 is 23.8 Å². The Balaban J connectivity index is 1.42. The lowest BCUT2D eigenvalue weighted by Gasteiger charge is -2.36. The summed E-state index contributed by atoms with van der Waals surface area (Å²) in [5.41, 5.74) is 0.859. The largest absolute Gasteiger partial charge is 0.513 e. The van der Waals surface area contributed by atoms with Crippen LogP contribution >= 0.6 is 0 Å². The molecule has 166 valence electrons. The molecular weight excluding hydrogens is 384 g/mol. The molecule has 1 atom stereocenters. The van der Waals surface area contributed by atoms with E-state index >= 15 is 0 Å². The van der Waals surface area contributed by atoms with Crippen LogP contribution in [0.2, 0.25) is 0 Å². The summed E-state index contributed by atoms with van der Waals surface area (Å²) in [5.74, 6) is 0.481. The first-order chi connectivity index (χ1) is 14.5. The summed E-state index contributed by atoms with van der Waals surface area (Å²) in [5, 5.41) is 0. The third-order valence-corrected chi connectivity index (χ3v) is 6.48. The SMILES string of the molecule is CCOC(=O)Oc1ccc(N2CCN(CCC3CC(CC)(CC)C(=O)O3)CC2)cc1. The zero-order chi connectivity index (χ0) is 21.6. The summed E-state index contributed by atoms with van der Waals surface area (Å²) in [6.45, 7) is 11.0. The molecule has 0 radical (unpaired) electrons. The molecule has 2 saturated heterocycles. The van der Waals surface area contributed by atoms with Gasteiger partial charge in [0, 0.05) is 44.8 Å². The number of esters is 1. The Morgan fingerprint density at radius 1 is 1.10 bits per heavy atom. The molecule has 0 N–H and O–H groups in total. The van der Waals surface area contributed by atoms with E-state index in [-0.39, 0.29) is 17.5 Å². The maximum absolute atomic E-state index is 12.3. The van der Waals surface area contributed by atoms with Crippen LogP contribution in [0.5, 0.6) is 5.75 Å². The van der Waals surface area contributed by atoms with Gasteiger partial charge in [0.1, 0.15) is 11.9 Å². The number of piperazine rings is 1. The van der Waals surface area contributed by atoms with Crippen molar-refractivity contribution in [1.82, 2.24) is 4.90 Å². The summed E-state index contributed by atoms with van der Waals surface area (Å²) in [6.07, 6.45) is 2.87. The number of carbonyl (C=O) groups is 2. The fraction of sp³-hybridized carbons (Fsp3) is 0.652. The molecule has 0 bridgehead atoms. The highest BCUT2D eigenvalue weighted by atomic mass is 16.7. The normalized spacial score (nSPS) is 21.4. The zero-order valence-corrected chi connectivity index (χ0v) is 18.4. The molecule has 1 aromatic carbocycles. The maximum atomic E-state index is 12.3. The third-order valence-electron chi connectivity index (χ3n) is 6.48. The van der Waals surface area contributed by atoms with Gasteiger partial charge in [0.05, 0.1) is 12.0 Å². The Kier molecular flexibility index (Phi) is 7.58. The van der Waals surface area contributed by atoms with Crippen LogP contribution in [-0.2, 0) is 14.3 Å². The molecule has 7 nitrogen and oxygen atoms in total. The summed E-state index contributed by atoms with van der Waals surface area (Å²) >= 11 is 0. The molecule has 3 rings (SSSR count). The van der Waals surface area contributed by atoms with Gasteiger partial charge in [-0.25, -0.2) is 4.79 Å². The summed E-state index contributed by atoms with van der Waals surface area (Å²) < 4.78 is 15.6. The summed E-state index contributed by atoms with van der Waals surface area (Å²) in [6, 6.07) is 7.52. The second-order valence-corrected chi connectivity index (χ2v) is 8.12. The molecule has 1 aromatic rings. The zero-order valence-electron chi connectivity index (χ0n) is 18.4. The molecule has 30 heavy (non-hydrogen) atoms. The minimum Gasteiger partial charge on any atom is -0.462 e. The molecule has 0 aliphatic carbocycles. The molecule has 0 saturated carbocycles. The number of anilines is 1. The average molecular weight is 419 g/mol. The second kappa shape index (κ2) is 10.2. The van der Waals surface area contributed by atoms with Crippen LogP contribution in [0.15, 0.2) is 24.3 Å². The van der Waals surface area contributed by atoms with Gasteiger partial charge in [-0.3, -0.25) is 9.69 Å². The minimum absolute atomic E-state index is 0.00213. The van der Waals surface area contributed by atoms with Crippen molar-refractivity contribution >= 4 is 17.8 Å². The number of nitrogens with zero attached hydrogens (tertiary/aromatic N) is 2. The first-order valence-corrected chi connectivity index (χ1v) is 11.1. The van der Waals surface area contributed by atoms with Gasteiger partial charge >= 0.3 is 12.1 Å². The molecule has 0 spiro atoms. The van der Waals surface area contributed by atoms with Crippen molar-refractivity contribution in [2.45, 2.75) is 52.6 Å². The lowest BCUT2D eigenvalue weighted by molar-refractivity contribution is -0.149. The van der Waals surface area contributed by atoms with Gasteiger partial charge in [-0.1, -0.05) is 13.8 Å². The van der Waals surface area contributed by atoms with Crippen molar-refractivity contribution in [3.63, 3.8) is 0 Å². The molecule has 2 heterocycles. The maximum Gasteiger partial charge on any atom is 0.513 e. The number of rotatable bonds is 8. The van der Waals surface area contributed by atoms with Crippen LogP contribution in [0.3, 0.4) is 0 Å². The Hall–Kier alpha value is -2.28. The molecule has 0 amide bonds. The van der Waals surface area contributed by atoms with Crippen molar-refractivity contribution in [3.8, 4) is 5.75 Å². The van der Waals surface area contributed by atoms with Gasteiger partial charge in [-0.15, -0.1) is 0 Å². The van der Waals surface area contributed by atoms with E-state index in [1.165, 1.54) is 0 Å². The molecule has 1 unspecified atom stereocenters. The number of hydrogen-bond acceptors (Lipinski definition) is 7. The Morgan fingerprint density at radius 2 is 1.77 bits per heavy atom. The fourth-order valence-corrected chi connectivity index (χ4v) is 4.35. The van der Waals surface area contributed by atoms with Crippen LogP contribution in [0.1, 0.15) is 46.5 Å². The predicted octanol–water partition coefficient (Wildman–Crippen LogP) is 3.86. The van der Waals surface area contributed by atoms with E-state index in [1.54, 1.807) is 19.1 Å². The number of hydrogen-bond donors (Lipinski definition) is 0. The van der Waals surface area contributed by atoms with Crippen molar-refractivity contribution in [2.24, 2.45) is 5.41 Å². The van der Waals surface area contributed by atoms with Crippen molar-refractivity contribution in [2.75, 3.05) is 44.2 Å². The van der Waals surface area contributed by atoms with Crippen LogP contribution in [-0.4, -0.2) is 62.5 Å².